The third-order valence-electron chi connectivity index (χ3n) is 2.64. The lowest BCUT2D eigenvalue weighted by Crippen LogP contribution is -2.34. The summed E-state index contributed by atoms with van der Waals surface area (Å²) >= 11 is 0. The summed E-state index contributed by atoms with van der Waals surface area (Å²) in [4.78, 5) is 11.3. The molecule has 0 aliphatic heterocycles. The van der Waals surface area contributed by atoms with Gasteiger partial charge in [0.25, 0.3) is 0 Å². The van der Waals surface area contributed by atoms with E-state index in [1.165, 1.54) is 20.3 Å². The molecule has 1 aromatic rings. The zero-order valence-corrected chi connectivity index (χ0v) is 11.5. The quantitative estimate of drug-likeness (QED) is 0.777. The van der Waals surface area contributed by atoms with E-state index in [9.17, 15) is 13.6 Å². The molecule has 0 saturated carbocycles. The van der Waals surface area contributed by atoms with Gasteiger partial charge in [-0.05, 0) is 13.0 Å². The number of rotatable bonds is 7. The predicted molar refractivity (Wildman–Crippen MR) is 67.9 cm³/mol. The monoisotopic (exact) mass is 289 g/mol. The Morgan fingerprint density at radius 2 is 2.05 bits per heavy atom. The van der Waals surface area contributed by atoms with Crippen LogP contribution in [0.2, 0.25) is 0 Å². The Kier molecular flexibility index (Phi) is 6.17. The van der Waals surface area contributed by atoms with E-state index >= 15 is 0 Å². The van der Waals surface area contributed by atoms with Crippen molar-refractivity contribution < 1.29 is 27.8 Å². The maximum atomic E-state index is 12.4. The maximum absolute atomic E-state index is 12.4. The standard InChI is InChI=1S/C13H17F2NO4/c1-8(12(17)19-3)16-7-9-5-4-6-10(18-2)11(9)20-13(14)15/h4-6,8,13,16H,7H2,1-3H3/t8-/m0/s1. The molecule has 0 saturated heterocycles. The molecule has 0 amide bonds. The fourth-order valence-electron chi connectivity index (χ4n) is 1.61. The highest BCUT2D eigenvalue weighted by molar-refractivity contribution is 5.75. The van der Waals surface area contributed by atoms with Gasteiger partial charge in [0.05, 0.1) is 14.2 Å². The van der Waals surface area contributed by atoms with Gasteiger partial charge in [-0.1, -0.05) is 12.1 Å². The predicted octanol–water partition coefficient (Wildman–Crippen LogP) is 1.95. The van der Waals surface area contributed by atoms with Crippen molar-refractivity contribution in [2.24, 2.45) is 0 Å². The molecule has 0 fully saturated rings. The Morgan fingerprint density at radius 1 is 1.35 bits per heavy atom. The number of methoxy groups -OCH3 is 2. The van der Waals surface area contributed by atoms with Crippen LogP contribution >= 0.6 is 0 Å². The lowest BCUT2D eigenvalue weighted by atomic mass is 10.1. The van der Waals surface area contributed by atoms with E-state index in [4.69, 9.17) is 4.74 Å². The molecule has 0 aromatic heterocycles. The van der Waals surface area contributed by atoms with Gasteiger partial charge in [-0.15, -0.1) is 0 Å². The number of alkyl halides is 2. The van der Waals surface area contributed by atoms with Gasteiger partial charge in [0.2, 0.25) is 0 Å². The molecule has 0 bridgehead atoms. The molecule has 0 aliphatic rings. The number of benzene rings is 1. The molecular weight excluding hydrogens is 272 g/mol. The molecule has 1 aromatic carbocycles. The zero-order valence-electron chi connectivity index (χ0n) is 11.5. The van der Waals surface area contributed by atoms with Crippen molar-refractivity contribution >= 4 is 5.97 Å². The van der Waals surface area contributed by atoms with E-state index in [-0.39, 0.29) is 18.0 Å². The van der Waals surface area contributed by atoms with Gasteiger partial charge in [0, 0.05) is 12.1 Å². The Labute approximate surface area is 115 Å². The van der Waals surface area contributed by atoms with Crippen molar-refractivity contribution in [1.29, 1.82) is 0 Å². The van der Waals surface area contributed by atoms with Gasteiger partial charge < -0.3 is 19.5 Å². The van der Waals surface area contributed by atoms with Crippen LogP contribution in [-0.4, -0.2) is 32.8 Å². The second-order valence-electron chi connectivity index (χ2n) is 3.95. The van der Waals surface area contributed by atoms with E-state index in [2.05, 4.69) is 14.8 Å². The first-order chi connectivity index (χ1) is 9.49. The third kappa shape index (κ3) is 4.34. The van der Waals surface area contributed by atoms with E-state index in [0.717, 1.165) is 0 Å². The van der Waals surface area contributed by atoms with Crippen LogP contribution in [0.1, 0.15) is 12.5 Å². The highest BCUT2D eigenvalue weighted by Gasteiger charge is 2.17. The molecule has 20 heavy (non-hydrogen) atoms. The Bertz CT molecular complexity index is 454. The highest BCUT2D eigenvalue weighted by Crippen LogP contribution is 2.32. The molecule has 1 atom stereocenters. The largest absolute Gasteiger partial charge is 0.493 e. The van der Waals surface area contributed by atoms with Gasteiger partial charge in [-0.25, -0.2) is 0 Å². The summed E-state index contributed by atoms with van der Waals surface area (Å²) in [5.74, 6) is -0.283. The van der Waals surface area contributed by atoms with E-state index < -0.39 is 18.6 Å². The normalized spacial score (nSPS) is 12.1. The average Bonchev–Trinajstić information content (AvgIpc) is 2.44. The highest BCUT2D eigenvalue weighted by atomic mass is 19.3. The van der Waals surface area contributed by atoms with Crippen LogP contribution in [0.25, 0.3) is 0 Å². The van der Waals surface area contributed by atoms with Gasteiger partial charge in [0.15, 0.2) is 11.5 Å². The molecule has 0 unspecified atom stereocenters. The number of carbonyl (C=O) groups excluding carboxylic acids is 1. The lowest BCUT2D eigenvalue weighted by molar-refractivity contribution is -0.142. The molecule has 0 spiro atoms. The second kappa shape index (κ2) is 7.64. The average molecular weight is 289 g/mol. The van der Waals surface area contributed by atoms with Crippen molar-refractivity contribution in [2.75, 3.05) is 14.2 Å². The minimum Gasteiger partial charge on any atom is -0.493 e. The Morgan fingerprint density at radius 3 is 2.60 bits per heavy atom. The van der Waals surface area contributed by atoms with Crippen LogP contribution in [0.5, 0.6) is 11.5 Å². The van der Waals surface area contributed by atoms with Crippen LogP contribution in [0.15, 0.2) is 18.2 Å². The summed E-state index contributed by atoms with van der Waals surface area (Å²) in [6.45, 7) is -1.18. The summed E-state index contributed by atoms with van der Waals surface area (Å²) in [7, 11) is 2.64. The molecule has 7 heteroatoms. The van der Waals surface area contributed by atoms with Crippen LogP contribution in [0, 0.1) is 0 Å². The summed E-state index contributed by atoms with van der Waals surface area (Å²) in [5, 5.41) is 2.86. The number of ether oxygens (including phenoxy) is 3. The summed E-state index contributed by atoms with van der Waals surface area (Å²) in [6, 6.07) is 4.21. The summed E-state index contributed by atoms with van der Waals surface area (Å²) in [6.07, 6.45) is 0. The fraction of sp³-hybridized carbons (Fsp3) is 0.462. The second-order valence-corrected chi connectivity index (χ2v) is 3.95. The summed E-state index contributed by atoms with van der Waals surface area (Å²) in [5.41, 5.74) is 0.459. The third-order valence-corrected chi connectivity index (χ3v) is 2.64. The number of halogens is 2. The topological polar surface area (TPSA) is 56.8 Å². The van der Waals surface area contributed by atoms with Crippen molar-refractivity contribution in [1.82, 2.24) is 5.32 Å². The van der Waals surface area contributed by atoms with Crippen molar-refractivity contribution in [2.45, 2.75) is 26.1 Å². The SMILES string of the molecule is COC(=O)[C@H](C)NCc1cccc(OC)c1OC(F)F. The zero-order chi connectivity index (χ0) is 15.1. The first-order valence-electron chi connectivity index (χ1n) is 5.91. The van der Waals surface area contributed by atoms with E-state index in [1.807, 2.05) is 0 Å². The molecular formula is C13H17F2NO4. The van der Waals surface area contributed by atoms with Crippen molar-refractivity contribution in [3.8, 4) is 11.5 Å². The first-order valence-corrected chi connectivity index (χ1v) is 5.91. The van der Waals surface area contributed by atoms with Crippen LogP contribution in [-0.2, 0) is 16.1 Å². The Balaban J connectivity index is 2.85. The van der Waals surface area contributed by atoms with E-state index in [0.29, 0.717) is 5.56 Å². The summed E-state index contributed by atoms with van der Waals surface area (Å²) < 4.78 is 38.9. The van der Waals surface area contributed by atoms with Crippen LogP contribution in [0.3, 0.4) is 0 Å². The molecule has 1 rings (SSSR count). The number of para-hydroxylation sites is 1. The van der Waals surface area contributed by atoms with Gasteiger partial charge >= 0.3 is 12.6 Å². The molecule has 1 N–H and O–H groups in total. The molecule has 112 valence electrons. The smallest absolute Gasteiger partial charge is 0.387 e. The minimum atomic E-state index is -2.96. The first kappa shape index (κ1) is 16.2. The van der Waals surface area contributed by atoms with Crippen LogP contribution in [0.4, 0.5) is 8.78 Å². The maximum Gasteiger partial charge on any atom is 0.387 e. The lowest BCUT2D eigenvalue weighted by Gasteiger charge is -2.16. The fourth-order valence-corrected chi connectivity index (χ4v) is 1.61. The van der Waals surface area contributed by atoms with E-state index in [1.54, 1.807) is 19.1 Å². The molecule has 0 aliphatic carbocycles. The van der Waals surface area contributed by atoms with Crippen molar-refractivity contribution in [3.05, 3.63) is 23.8 Å². The Hall–Kier alpha value is -1.89. The van der Waals surface area contributed by atoms with Crippen LogP contribution < -0.4 is 14.8 Å². The molecule has 0 heterocycles. The molecule has 0 radical (unpaired) electrons. The molecule has 5 nitrogen and oxygen atoms in total. The minimum absolute atomic E-state index is 0.0467. The number of carbonyl (C=O) groups is 1. The number of nitrogens with one attached hydrogen (secondary N) is 1. The number of esters is 1. The van der Waals surface area contributed by atoms with Gasteiger partial charge in [-0.2, -0.15) is 8.78 Å². The number of hydrogen-bond acceptors (Lipinski definition) is 5. The van der Waals surface area contributed by atoms with Crippen molar-refractivity contribution in [3.63, 3.8) is 0 Å². The van der Waals surface area contributed by atoms with Gasteiger partial charge in [-0.3, -0.25) is 4.79 Å². The van der Waals surface area contributed by atoms with Gasteiger partial charge in [0.1, 0.15) is 6.04 Å². The number of hydrogen-bond donors (Lipinski definition) is 1.